The van der Waals surface area contributed by atoms with Crippen molar-refractivity contribution >= 4 is 52.5 Å². The molecule has 2 aromatic rings. The van der Waals surface area contributed by atoms with Gasteiger partial charge in [-0.15, -0.1) is 0 Å². The van der Waals surface area contributed by atoms with E-state index in [1.54, 1.807) is 24.3 Å². The molecule has 27 heavy (non-hydrogen) atoms. The van der Waals surface area contributed by atoms with Crippen LogP contribution in [0.25, 0.3) is 0 Å². The number of hydrogen-bond donors (Lipinski definition) is 2. The molecule has 2 amide bonds. The van der Waals surface area contributed by atoms with Crippen LogP contribution in [0.3, 0.4) is 0 Å². The van der Waals surface area contributed by atoms with Crippen LogP contribution >= 0.6 is 23.2 Å². The van der Waals surface area contributed by atoms with E-state index in [0.29, 0.717) is 16.3 Å². The maximum atomic E-state index is 12.1. The number of esters is 1. The van der Waals surface area contributed by atoms with E-state index >= 15 is 0 Å². The van der Waals surface area contributed by atoms with Crippen LogP contribution in [-0.2, 0) is 25.5 Å². The van der Waals surface area contributed by atoms with Crippen molar-refractivity contribution in [2.45, 2.75) is 26.4 Å². The van der Waals surface area contributed by atoms with E-state index in [1.807, 2.05) is 0 Å². The van der Waals surface area contributed by atoms with Gasteiger partial charge in [-0.2, -0.15) is 0 Å². The summed E-state index contributed by atoms with van der Waals surface area (Å²) in [7, 11) is 0. The van der Waals surface area contributed by atoms with Gasteiger partial charge in [0.05, 0.1) is 16.5 Å². The Hall–Kier alpha value is -2.64. The summed E-state index contributed by atoms with van der Waals surface area (Å²) in [5.41, 5.74) is 1.31. The van der Waals surface area contributed by atoms with Crippen LogP contribution in [0.1, 0.15) is 19.4 Å². The van der Waals surface area contributed by atoms with E-state index in [0.717, 1.165) is 0 Å². The lowest BCUT2D eigenvalue weighted by Gasteiger charge is -2.14. The van der Waals surface area contributed by atoms with Crippen molar-refractivity contribution in [2.24, 2.45) is 0 Å². The van der Waals surface area contributed by atoms with Gasteiger partial charge in [-0.1, -0.05) is 35.3 Å². The molecule has 0 aliphatic rings. The molecule has 0 spiro atoms. The van der Waals surface area contributed by atoms with E-state index in [4.69, 9.17) is 27.9 Å². The zero-order valence-electron chi connectivity index (χ0n) is 14.6. The van der Waals surface area contributed by atoms with Crippen molar-refractivity contribution in [1.29, 1.82) is 0 Å². The van der Waals surface area contributed by atoms with E-state index in [-0.39, 0.29) is 23.2 Å². The molecule has 1 aromatic heterocycles. The minimum absolute atomic E-state index is 0.0159. The Bertz CT molecular complexity index is 856. The number of hydrogen-bond acceptors (Lipinski definition) is 5. The van der Waals surface area contributed by atoms with Crippen molar-refractivity contribution in [2.75, 3.05) is 10.6 Å². The average molecular weight is 410 g/mol. The molecular formula is C18H17Cl2N3O4. The van der Waals surface area contributed by atoms with Gasteiger partial charge >= 0.3 is 5.97 Å². The Labute approximate surface area is 166 Å². The summed E-state index contributed by atoms with van der Waals surface area (Å²) in [6.45, 7) is 2.85. The molecule has 9 heteroatoms. The zero-order chi connectivity index (χ0) is 20.0. The number of carbonyl (C=O) groups excluding carboxylic acids is 3. The van der Waals surface area contributed by atoms with E-state index in [9.17, 15) is 14.4 Å². The van der Waals surface area contributed by atoms with Gasteiger partial charge in [-0.25, -0.2) is 4.98 Å². The minimum atomic E-state index is -1.04. The number of amides is 2. The third-order valence-electron chi connectivity index (χ3n) is 3.35. The largest absolute Gasteiger partial charge is 0.452 e. The molecule has 0 unspecified atom stereocenters. The molecule has 2 rings (SSSR count). The molecule has 0 fully saturated rings. The molecule has 0 aliphatic carbocycles. The molecule has 0 bridgehead atoms. The molecule has 1 aromatic carbocycles. The lowest BCUT2D eigenvalue weighted by atomic mass is 10.1. The molecule has 0 saturated heterocycles. The minimum Gasteiger partial charge on any atom is -0.452 e. The number of nitrogens with zero attached hydrogens (tertiary/aromatic N) is 1. The number of nitrogens with one attached hydrogen (secondary N) is 2. The third-order valence-corrected chi connectivity index (χ3v) is 3.84. The van der Waals surface area contributed by atoms with Crippen LogP contribution in [0, 0.1) is 0 Å². The summed E-state index contributed by atoms with van der Waals surface area (Å²) in [4.78, 5) is 39.0. The van der Waals surface area contributed by atoms with Crippen LogP contribution in [0.4, 0.5) is 11.5 Å². The molecule has 7 nitrogen and oxygen atoms in total. The van der Waals surface area contributed by atoms with Crippen LogP contribution in [-0.4, -0.2) is 28.9 Å². The first-order valence-electron chi connectivity index (χ1n) is 7.92. The monoisotopic (exact) mass is 409 g/mol. The first-order chi connectivity index (χ1) is 12.7. The number of benzene rings is 1. The first kappa shape index (κ1) is 20.7. The second-order valence-corrected chi connectivity index (χ2v) is 6.50. The number of halogens is 2. The number of carbonyl (C=O) groups is 3. The quantitative estimate of drug-likeness (QED) is 0.711. The van der Waals surface area contributed by atoms with E-state index in [1.165, 1.54) is 26.1 Å². The molecule has 0 radical (unpaired) electrons. The van der Waals surface area contributed by atoms with Gasteiger partial charge in [0.15, 0.2) is 11.9 Å². The Morgan fingerprint density at radius 2 is 1.81 bits per heavy atom. The van der Waals surface area contributed by atoms with Gasteiger partial charge in [-0.05, 0) is 30.7 Å². The lowest BCUT2D eigenvalue weighted by Crippen LogP contribution is -2.30. The summed E-state index contributed by atoms with van der Waals surface area (Å²) >= 11 is 11.7. The number of pyridine rings is 1. The second-order valence-electron chi connectivity index (χ2n) is 5.66. The Morgan fingerprint density at radius 1 is 1.15 bits per heavy atom. The maximum Gasteiger partial charge on any atom is 0.311 e. The van der Waals surface area contributed by atoms with Crippen molar-refractivity contribution in [3.05, 3.63) is 52.1 Å². The Balaban J connectivity index is 1.88. The maximum absolute atomic E-state index is 12.1. The average Bonchev–Trinajstić information content (AvgIpc) is 2.58. The fourth-order valence-electron chi connectivity index (χ4n) is 2.09. The van der Waals surface area contributed by atoms with Crippen molar-refractivity contribution in [1.82, 2.24) is 4.98 Å². The summed E-state index contributed by atoms with van der Waals surface area (Å²) in [5, 5.41) is 5.61. The highest BCUT2D eigenvalue weighted by molar-refractivity contribution is 6.36. The molecule has 1 atom stereocenters. The SMILES string of the molecule is CC(=O)Nc1ccc(CC(=O)O[C@@H](C)C(=O)Nc2ncc(Cl)cc2Cl)cc1. The second kappa shape index (κ2) is 9.34. The highest BCUT2D eigenvalue weighted by Crippen LogP contribution is 2.22. The number of ether oxygens (including phenoxy) is 1. The summed E-state index contributed by atoms with van der Waals surface area (Å²) < 4.78 is 5.13. The van der Waals surface area contributed by atoms with E-state index in [2.05, 4.69) is 15.6 Å². The number of rotatable bonds is 6. The summed E-state index contributed by atoms with van der Waals surface area (Å²) in [5.74, 6) is -1.19. The summed E-state index contributed by atoms with van der Waals surface area (Å²) in [6.07, 6.45) is 0.284. The van der Waals surface area contributed by atoms with Crippen LogP contribution < -0.4 is 10.6 Å². The summed E-state index contributed by atoms with van der Waals surface area (Å²) in [6, 6.07) is 8.17. The molecular weight excluding hydrogens is 393 g/mol. The number of anilines is 2. The molecule has 142 valence electrons. The van der Waals surface area contributed by atoms with Crippen molar-refractivity contribution in [3.63, 3.8) is 0 Å². The van der Waals surface area contributed by atoms with Gasteiger partial charge in [0.2, 0.25) is 5.91 Å². The molecule has 1 heterocycles. The van der Waals surface area contributed by atoms with E-state index < -0.39 is 18.0 Å². The fourth-order valence-corrected chi connectivity index (χ4v) is 2.52. The van der Waals surface area contributed by atoms with Crippen LogP contribution in [0.2, 0.25) is 10.0 Å². The van der Waals surface area contributed by atoms with Crippen LogP contribution in [0.15, 0.2) is 36.5 Å². The van der Waals surface area contributed by atoms with Gasteiger partial charge in [0.1, 0.15) is 0 Å². The zero-order valence-corrected chi connectivity index (χ0v) is 16.1. The third kappa shape index (κ3) is 6.54. The highest BCUT2D eigenvalue weighted by atomic mass is 35.5. The van der Waals surface area contributed by atoms with Gasteiger partial charge in [-0.3, -0.25) is 14.4 Å². The van der Waals surface area contributed by atoms with Crippen LogP contribution in [0.5, 0.6) is 0 Å². The van der Waals surface area contributed by atoms with Gasteiger partial charge < -0.3 is 15.4 Å². The lowest BCUT2D eigenvalue weighted by molar-refractivity contribution is -0.152. The predicted molar refractivity (Wildman–Crippen MR) is 103 cm³/mol. The Kier molecular flexibility index (Phi) is 7.15. The Morgan fingerprint density at radius 3 is 2.41 bits per heavy atom. The standard InChI is InChI=1S/C18H17Cl2N3O4/c1-10(18(26)23-17-15(20)8-13(19)9-21-17)27-16(25)7-12-3-5-14(6-4-12)22-11(2)24/h3-6,8-10H,7H2,1-2H3,(H,22,24)(H,21,23,26)/t10-/m0/s1. The molecule has 0 aliphatic heterocycles. The predicted octanol–water partition coefficient (Wildman–Crippen LogP) is 3.46. The highest BCUT2D eigenvalue weighted by Gasteiger charge is 2.19. The fraction of sp³-hybridized carbons (Fsp3) is 0.222. The van der Waals surface area contributed by atoms with Crippen molar-refractivity contribution in [3.8, 4) is 0 Å². The first-order valence-corrected chi connectivity index (χ1v) is 8.68. The van der Waals surface area contributed by atoms with Gasteiger partial charge in [0, 0.05) is 18.8 Å². The molecule has 2 N–H and O–H groups in total. The van der Waals surface area contributed by atoms with Crippen molar-refractivity contribution < 1.29 is 19.1 Å². The van der Waals surface area contributed by atoms with Gasteiger partial charge in [0.25, 0.3) is 5.91 Å². The molecule has 0 saturated carbocycles. The smallest absolute Gasteiger partial charge is 0.311 e. The number of aromatic nitrogens is 1. The normalized spacial score (nSPS) is 11.4. The topological polar surface area (TPSA) is 97.4 Å².